The van der Waals surface area contributed by atoms with Gasteiger partial charge in [-0.1, -0.05) is 95.9 Å². The second-order valence-corrected chi connectivity index (χ2v) is 4.46. The fraction of sp³-hybridized carbons (Fsp3) is 1.00. The molecule has 0 heterocycles. The largest absolute Gasteiger partial charge is 0.388 e. The molecule has 0 aliphatic heterocycles. The third-order valence-electron chi connectivity index (χ3n) is 0. The SMILES string of the molecule is C.C.CCC.CCC.CCC.CCC.COC.COC.COC.COC.F.[2HH]. The first kappa shape index (κ1) is 71.5. The number of ether oxygens (including phenoxy) is 4. The summed E-state index contributed by atoms with van der Waals surface area (Å²) in [5, 5.41) is 0. The Morgan fingerprint density at radius 1 is 0.370 bits per heavy atom. The van der Waals surface area contributed by atoms with Crippen molar-refractivity contribution in [2.45, 2.75) is 95.9 Å². The molecular formula is C22H67FO4. The van der Waals surface area contributed by atoms with E-state index in [1.54, 1.807) is 56.9 Å². The summed E-state index contributed by atoms with van der Waals surface area (Å²) in [6.07, 6.45) is 5.00. The molecule has 0 aliphatic rings. The van der Waals surface area contributed by atoms with Gasteiger partial charge < -0.3 is 18.9 Å². The quantitative estimate of drug-likeness (QED) is 0.398. The van der Waals surface area contributed by atoms with Crippen LogP contribution >= 0.6 is 0 Å². The van der Waals surface area contributed by atoms with Gasteiger partial charge in [0.25, 0.3) is 0 Å². The van der Waals surface area contributed by atoms with Crippen molar-refractivity contribution in [1.29, 1.82) is 0 Å². The molecule has 0 saturated heterocycles. The van der Waals surface area contributed by atoms with Crippen molar-refractivity contribution in [3.05, 3.63) is 0 Å². The first-order valence-corrected chi connectivity index (χ1v) is 8.92. The first-order chi connectivity index (χ1) is 11.3. The molecule has 27 heavy (non-hydrogen) atoms. The maximum atomic E-state index is 4.25. The number of hydrogen-bond donors (Lipinski definition) is 0. The monoisotopic (exact) mass is 416 g/mol. The Morgan fingerprint density at radius 3 is 0.370 bits per heavy atom. The molecule has 0 saturated carbocycles. The highest BCUT2D eigenvalue weighted by Crippen LogP contribution is 1.57. The van der Waals surface area contributed by atoms with Gasteiger partial charge in [0.15, 0.2) is 0 Å². The topological polar surface area (TPSA) is 36.9 Å². The van der Waals surface area contributed by atoms with Crippen molar-refractivity contribution < 1.29 is 25.1 Å². The van der Waals surface area contributed by atoms with Crippen LogP contribution in [0.25, 0.3) is 0 Å². The average Bonchev–Trinajstić information content (AvgIpc) is 2.45. The highest BCUT2D eigenvalue weighted by molar-refractivity contribution is 3.93. The predicted molar refractivity (Wildman–Crippen MR) is 134 cm³/mol. The maximum absolute atomic E-state index is 4.25. The normalized spacial score (nSPS) is 5.33. The van der Waals surface area contributed by atoms with Crippen LogP contribution in [0.1, 0.15) is 97.4 Å². The number of hydrogen-bond acceptors (Lipinski definition) is 4. The van der Waals surface area contributed by atoms with E-state index in [1.165, 1.54) is 25.7 Å². The lowest BCUT2D eigenvalue weighted by atomic mass is 10.6. The van der Waals surface area contributed by atoms with Crippen LogP contribution in [0.4, 0.5) is 4.70 Å². The summed E-state index contributed by atoms with van der Waals surface area (Å²) in [7, 11) is 13.0. The zero-order chi connectivity index (χ0) is 21.7. The van der Waals surface area contributed by atoms with Gasteiger partial charge in [0.05, 0.1) is 0 Å². The minimum atomic E-state index is 0. The molecule has 5 heteroatoms. The molecule has 0 atom stereocenters. The number of methoxy groups -OCH3 is 4. The van der Waals surface area contributed by atoms with E-state index in [0.717, 1.165) is 0 Å². The van der Waals surface area contributed by atoms with Crippen LogP contribution in [0.2, 0.25) is 0 Å². The molecule has 186 valence electrons. The first-order valence-electron chi connectivity index (χ1n) is 8.92. The zero-order valence-electron chi connectivity index (χ0n) is 20.9. The van der Waals surface area contributed by atoms with Crippen molar-refractivity contribution in [2.24, 2.45) is 0 Å². The fourth-order valence-electron chi connectivity index (χ4n) is 0. The van der Waals surface area contributed by atoms with E-state index >= 15 is 0 Å². The van der Waals surface area contributed by atoms with E-state index in [4.69, 9.17) is 0 Å². The smallest absolute Gasteiger partial charge is 0.0351 e. The molecule has 0 aromatic carbocycles. The van der Waals surface area contributed by atoms with Gasteiger partial charge in [-0.3, -0.25) is 4.70 Å². The number of halogens is 1. The third-order valence-corrected chi connectivity index (χ3v) is 0. The van der Waals surface area contributed by atoms with Crippen molar-refractivity contribution >= 4 is 0 Å². The van der Waals surface area contributed by atoms with E-state index in [9.17, 15) is 0 Å². The average molecular weight is 416 g/mol. The van der Waals surface area contributed by atoms with Gasteiger partial charge >= 0.3 is 0 Å². The molecule has 0 amide bonds. The van der Waals surface area contributed by atoms with Crippen LogP contribution in [-0.2, 0) is 18.9 Å². The molecule has 0 rings (SSSR count). The van der Waals surface area contributed by atoms with Gasteiger partial charge in [-0.15, -0.1) is 0 Å². The Balaban J connectivity index is -0.0000000102. The van der Waals surface area contributed by atoms with Gasteiger partial charge in [-0.05, 0) is 0 Å². The molecule has 0 bridgehead atoms. The Bertz CT molecular complexity index is 52.5. The Kier molecular flexibility index (Phi) is 693. The second kappa shape index (κ2) is 262. The summed E-state index contributed by atoms with van der Waals surface area (Å²) in [6, 6.07) is 0. The van der Waals surface area contributed by atoms with E-state index in [0.29, 0.717) is 0 Å². The molecular weight excluding hydrogens is 347 g/mol. The van der Waals surface area contributed by atoms with Crippen molar-refractivity contribution in [3.8, 4) is 0 Å². The Morgan fingerprint density at radius 2 is 0.370 bits per heavy atom. The van der Waals surface area contributed by atoms with Gasteiger partial charge in [0.2, 0.25) is 0 Å². The van der Waals surface area contributed by atoms with Crippen LogP contribution in [0.15, 0.2) is 0 Å². The second-order valence-electron chi connectivity index (χ2n) is 4.46. The van der Waals surface area contributed by atoms with Crippen molar-refractivity contribution in [1.82, 2.24) is 0 Å². The molecule has 0 N–H and O–H groups in total. The molecule has 0 spiro atoms. The minimum Gasteiger partial charge on any atom is -0.388 e. The van der Waals surface area contributed by atoms with Gasteiger partial charge in [0.1, 0.15) is 0 Å². The Hall–Kier alpha value is -0.230. The third kappa shape index (κ3) is 275000. The molecule has 0 aromatic rings. The Labute approximate surface area is 178 Å². The summed E-state index contributed by atoms with van der Waals surface area (Å²) < 4.78 is 17.0. The summed E-state index contributed by atoms with van der Waals surface area (Å²) >= 11 is 0. The van der Waals surface area contributed by atoms with E-state index in [-0.39, 0.29) is 21.0 Å². The number of rotatable bonds is 0. The summed E-state index contributed by atoms with van der Waals surface area (Å²) in [5.74, 6) is 0. The van der Waals surface area contributed by atoms with Gasteiger partial charge in [-0.25, -0.2) is 0 Å². The highest BCUT2D eigenvalue weighted by atomic mass is 19.0. The zero-order valence-corrected chi connectivity index (χ0v) is 20.9. The van der Waals surface area contributed by atoms with Crippen LogP contribution in [0.3, 0.4) is 0 Å². The lowest BCUT2D eigenvalue weighted by molar-refractivity contribution is 0.277. The predicted octanol–water partition coefficient (Wildman–Crippen LogP) is 8.39. The summed E-state index contributed by atoms with van der Waals surface area (Å²) in [4.78, 5) is 0. The standard InChI is InChI=1S/4C3H8.4C2H6O.2CH4.FH.H2/c8*1-3-2;;;;/h4*3H2,1-2H3;4*1-2H3;2*1H4;2*1H/i;;;;;;;;;;;1+1. The lowest BCUT2D eigenvalue weighted by Gasteiger charge is -1.61. The van der Waals surface area contributed by atoms with Crippen molar-refractivity contribution in [3.63, 3.8) is 0 Å². The van der Waals surface area contributed by atoms with Crippen LogP contribution < -0.4 is 0 Å². The van der Waals surface area contributed by atoms with E-state index in [2.05, 4.69) is 74.3 Å². The van der Waals surface area contributed by atoms with Gasteiger partial charge in [-0.2, -0.15) is 0 Å². The van der Waals surface area contributed by atoms with Gasteiger partial charge in [0, 0.05) is 58.3 Å². The summed E-state index contributed by atoms with van der Waals surface area (Å²) in [6.45, 7) is 17.0. The molecule has 0 aliphatic carbocycles. The minimum absolute atomic E-state index is 0. The van der Waals surface area contributed by atoms with Crippen LogP contribution in [0.5, 0.6) is 0 Å². The molecule has 0 aromatic heterocycles. The fourth-order valence-corrected chi connectivity index (χ4v) is 0. The van der Waals surface area contributed by atoms with Crippen molar-refractivity contribution in [2.75, 3.05) is 56.9 Å². The lowest BCUT2D eigenvalue weighted by Crippen LogP contribution is -1.55. The highest BCUT2D eigenvalue weighted by Gasteiger charge is 1.36. The maximum Gasteiger partial charge on any atom is 0.0351 e. The van der Waals surface area contributed by atoms with E-state index in [1.807, 2.05) is 0 Å². The molecule has 0 unspecified atom stereocenters. The molecule has 4 nitrogen and oxygen atoms in total. The molecule has 0 fully saturated rings. The van der Waals surface area contributed by atoms with E-state index < -0.39 is 0 Å². The summed E-state index contributed by atoms with van der Waals surface area (Å²) in [5.41, 5.74) is 0. The van der Waals surface area contributed by atoms with Crippen LogP contribution in [0, 0.1) is 0 Å². The molecule has 0 radical (unpaired) electrons. The van der Waals surface area contributed by atoms with Crippen LogP contribution in [-0.4, -0.2) is 56.9 Å².